The molecule has 0 aliphatic rings. The monoisotopic (exact) mass is 461 g/mol. The number of benzene rings is 2. The first-order chi connectivity index (χ1) is 11.4. The number of pyridine rings is 1. The third-order valence-electron chi connectivity index (χ3n) is 3.81. The lowest BCUT2D eigenvalue weighted by atomic mass is 10.1. The van der Waals surface area contributed by atoms with Gasteiger partial charge in [-0.05, 0) is 18.2 Å². The molecular formula is C18H12F4INO. The molecule has 25 heavy (non-hydrogen) atoms. The fraction of sp³-hybridized carbons (Fsp3) is 0.0556. The zero-order valence-electron chi connectivity index (χ0n) is 12.9. The van der Waals surface area contributed by atoms with Crippen LogP contribution in [0, 0.1) is 23.3 Å². The Hall–Kier alpha value is -2.16. The van der Waals surface area contributed by atoms with Gasteiger partial charge in [-0.2, -0.15) is 13.3 Å². The lowest BCUT2D eigenvalue weighted by Crippen LogP contribution is -3.00. The van der Waals surface area contributed by atoms with E-state index in [1.807, 2.05) is 30.3 Å². The summed E-state index contributed by atoms with van der Waals surface area (Å²) in [5.41, 5.74) is 0.556. The highest BCUT2D eigenvalue weighted by Crippen LogP contribution is 2.29. The van der Waals surface area contributed by atoms with Crippen molar-refractivity contribution in [1.82, 2.24) is 0 Å². The number of phenols is 1. The summed E-state index contributed by atoms with van der Waals surface area (Å²) in [6.07, 6.45) is 2.27. The van der Waals surface area contributed by atoms with E-state index in [1.54, 1.807) is 17.7 Å². The minimum atomic E-state index is -1.82. The second kappa shape index (κ2) is 7.38. The lowest BCUT2D eigenvalue weighted by Gasteiger charge is -2.05. The minimum absolute atomic E-state index is 0. The molecule has 0 saturated heterocycles. The van der Waals surface area contributed by atoms with E-state index in [9.17, 15) is 17.6 Å². The van der Waals surface area contributed by atoms with Crippen LogP contribution in [0.15, 0.2) is 36.4 Å². The van der Waals surface area contributed by atoms with Crippen molar-refractivity contribution in [3.8, 4) is 5.75 Å². The van der Waals surface area contributed by atoms with Crippen LogP contribution in [-0.4, -0.2) is 5.11 Å². The maximum Gasteiger partial charge on any atom is 0.212 e. The number of halogens is 5. The molecule has 0 amide bonds. The summed E-state index contributed by atoms with van der Waals surface area (Å²) < 4.78 is 56.0. The van der Waals surface area contributed by atoms with Crippen LogP contribution in [-0.2, 0) is 7.05 Å². The number of aryl methyl sites for hydroxylation is 1. The van der Waals surface area contributed by atoms with E-state index in [0.717, 1.165) is 17.0 Å². The summed E-state index contributed by atoms with van der Waals surface area (Å²) >= 11 is 0. The van der Waals surface area contributed by atoms with E-state index in [1.165, 1.54) is 6.08 Å². The van der Waals surface area contributed by atoms with Gasteiger partial charge in [0.15, 0.2) is 17.4 Å². The number of phenolic OH excluding ortho intramolecular Hbond substituents is 1. The Morgan fingerprint density at radius 2 is 1.44 bits per heavy atom. The first kappa shape index (κ1) is 19.2. The quantitative estimate of drug-likeness (QED) is 0.263. The maximum absolute atomic E-state index is 13.8. The molecule has 7 heteroatoms. The van der Waals surface area contributed by atoms with Gasteiger partial charge in [0.25, 0.3) is 0 Å². The van der Waals surface area contributed by atoms with Gasteiger partial charge in [0, 0.05) is 23.6 Å². The van der Waals surface area contributed by atoms with Crippen molar-refractivity contribution < 1.29 is 51.2 Å². The second-order valence-corrected chi connectivity index (χ2v) is 5.23. The van der Waals surface area contributed by atoms with Gasteiger partial charge in [0.05, 0.1) is 5.56 Å². The molecule has 0 aliphatic heterocycles. The molecule has 0 saturated carbocycles. The molecule has 1 N–H and O–H groups in total. The number of nitrogens with zero attached hydrogens (tertiary/aromatic N) is 1. The summed E-state index contributed by atoms with van der Waals surface area (Å²) in [5, 5.41) is 9.95. The first-order valence-corrected chi connectivity index (χ1v) is 7.02. The molecule has 130 valence electrons. The van der Waals surface area contributed by atoms with Crippen molar-refractivity contribution in [2.75, 3.05) is 0 Å². The Kier molecular flexibility index (Phi) is 5.66. The van der Waals surface area contributed by atoms with Crippen LogP contribution in [0.1, 0.15) is 11.3 Å². The Morgan fingerprint density at radius 1 is 0.840 bits per heavy atom. The Bertz CT molecular complexity index is 959. The third kappa shape index (κ3) is 3.33. The molecule has 0 unspecified atom stereocenters. The van der Waals surface area contributed by atoms with Crippen molar-refractivity contribution in [2.24, 2.45) is 7.05 Å². The van der Waals surface area contributed by atoms with Crippen LogP contribution in [0.25, 0.3) is 23.1 Å². The van der Waals surface area contributed by atoms with Crippen LogP contribution in [0.3, 0.4) is 0 Å². The lowest BCUT2D eigenvalue weighted by molar-refractivity contribution is -0.646. The van der Waals surface area contributed by atoms with Crippen molar-refractivity contribution >= 4 is 23.1 Å². The van der Waals surface area contributed by atoms with Crippen molar-refractivity contribution in [3.63, 3.8) is 0 Å². The van der Waals surface area contributed by atoms with E-state index in [2.05, 4.69) is 0 Å². The molecule has 3 rings (SSSR count). The van der Waals surface area contributed by atoms with E-state index in [0.29, 0.717) is 5.69 Å². The van der Waals surface area contributed by atoms with Gasteiger partial charge in [0.2, 0.25) is 22.8 Å². The number of rotatable bonds is 2. The van der Waals surface area contributed by atoms with Gasteiger partial charge in [0.1, 0.15) is 7.05 Å². The molecule has 0 bridgehead atoms. The number of fused-ring (bicyclic) bond motifs is 1. The number of hydrogen-bond acceptors (Lipinski definition) is 1. The fourth-order valence-corrected chi connectivity index (χ4v) is 2.48. The van der Waals surface area contributed by atoms with Gasteiger partial charge >= 0.3 is 0 Å². The minimum Gasteiger partial charge on any atom is -1.00 e. The smallest absolute Gasteiger partial charge is 0.212 e. The zero-order valence-corrected chi connectivity index (χ0v) is 15.1. The Labute approximate surface area is 158 Å². The molecule has 1 aromatic heterocycles. The average molecular weight is 461 g/mol. The highest BCUT2D eigenvalue weighted by molar-refractivity contribution is 5.77. The van der Waals surface area contributed by atoms with Crippen molar-refractivity contribution in [2.45, 2.75) is 0 Å². The summed E-state index contributed by atoms with van der Waals surface area (Å²) in [5.74, 6) is -8.61. The first-order valence-electron chi connectivity index (χ1n) is 7.02. The van der Waals surface area contributed by atoms with Gasteiger partial charge in [-0.15, -0.1) is 0 Å². The zero-order chi connectivity index (χ0) is 17.4. The molecule has 0 aliphatic carbocycles. The molecule has 2 nitrogen and oxygen atoms in total. The molecule has 1 heterocycles. The van der Waals surface area contributed by atoms with Crippen LogP contribution in [0.5, 0.6) is 5.75 Å². The Balaban J connectivity index is 0.00000225. The van der Waals surface area contributed by atoms with Crippen LogP contribution < -0.4 is 28.5 Å². The molecule has 2 aromatic carbocycles. The standard InChI is InChI=1S/C18H11F4NO.HI/c1-23-11(7-6-10-4-2-3-5-13(10)23)8-9-12-14(19)16(21)18(24)17(22)15(12)20;/h2-9H,1H3;1H. The van der Waals surface area contributed by atoms with E-state index in [4.69, 9.17) is 5.11 Å². The van der Waals surface area contributed by atoms with Crippen molar-refractivity contribution in [3.05, 3.63) is 70.9 Å². The molecule has 0 fully saturated rings. The fourth-order valence-electron chi connectivity index (χ4n) is 2.48. The summed E-state index contributed by atoms with van der Waals surface area (Å²) in [6.45, 7) is 0. The van der Waals surface area contributed by atoms with E-state index < -0.39 is 34.6 Å². The highest BCUT2D eigenvalue weighted by Gasteiger charge is 2.23. The number of aromatic hydroxyl groups is 1. The normalized spacial score (nSPS) is 11.1. The highest BCUT2D eigenvalue weighted by atomic mass is 127. The second-order valence-electron chi connectivity index (χ2n) is 5.23. The van der Waals surface area contributed by atoms with Gasteiger partial charge < -0.3 is 29.1 Å². The Morgan fingerprint density at radius 3 is 2.08 bits per heavy atom. The molecule has 0 atom stereocenters. The van der Waals surface area contributed by atoms with Gasteiger partial charge in [-0.1, -0.05) is 12.1 Å². The summed E-state index contributed by atoms with van der Waals surface area (Å²) in [7, 11) is 1.76. The van der Waals surface area contributed by atoms with Crippen LogP contribution in [0.4, 0.5) is 17.6 Å². The number of para-hydroxylation sites is 1. The predicted molar refractivity (Wildman–Crippen MR) is 82.0 cm³/mol. The average Bonchev–Trinajstić information content (AvgIpc) is 2.60. The molecule has 0 radical (unpaired) electrons. The topological polar surface area (TPSA) is 24.1 Å². The van der Waals surface area contributed by atoms with E-state index in [-0.39, 0.29) is 24.0 Å². The van der Waals surface area contributed by atoms with Gasteiger partial charge in [-0.3, -0.25) is 0 Å². The molecule has 3 aromatic rings. The summed E-state index contributed by atoms with van der Waals surface area (Å²) in [4.78, 5) is 0. The maximum atomic E-state index is 13.8. The van der Waals surface area contributed by atoms with E-state index >= 15 is 0 Å². The number of hydrogen-bond donors (Lipinski definition) is 1. The van der Waals surface area contributed by atoms with Gasteiger partial charge in [-0.25, -0.2) is 8.78 Å². The number of aromatic nitrogens is 1. The molecule has 0 spiro atoms. The van der Waals surface area contributed by atoms with Crippen LogP contribution in [0.2, 0.25) is 0 Å². The summed E-state index contributed by atoms with van der Waals surface area (Å²) in [6, 6.07) is 11.0. The predicted octanol–water partition coefficient (Wildman–Crippen LogP) is 1.10. The SMILES string of the molecule is C[n+]1c(/C=C/c2c(F)c(F)c(O)c(F)c2F)ccc2ccccc21.[I-]. The van der Waals surface area contributed by atoms with Crippen molar-refractivity contribution in [1.29, 1.82) is 0 Å². The third-order valence-corrected chi connectivity index (χ3v) is 3.81. The van der Waals surface area contributed by atoms with Crippen LogP contribution >= 0.6 is 0 Å². The molecular weight excluding hydrogens is 449 g/mol. The largest absolute Gasteiger partial charge is 1.00 e.